The van der Waals surface area contributed by atoms with Crippen LogP contribution in [0.4, 0.5) is 0 Å². The molecule has 0 amide bonds. The van der Waals surface area contributed by atoms with E-state index in [2.05, 4.69) is 0 Å². The minimum absolute atomic E-state index is 0.102. The molecule has 4 aromatic rings. The highest BCUT2D eigenvalue weighted by Crippen LogP contribution is 2.14. The molecule has 0 fully saturated rings. The number of esters is 2. The van der Waals surface area contributed by atoms with E-state index in [9.17, 15) is 19.2 Å². The van der Waals surface area contributed by atoms with Crippen molar-refractivity contribution in [1.29, 1.82) is 0 Å². The van der Waals surface area contributed by atoms with Crippen molar-refractivity contribution in [3.05, 3.63) is 131 Å². The van der Waals surface area contributed by atoms with Crippen LogP contribution >= 0.6 is 0 Å². The standard InChI is InChI=1S/C16H14O5.C16H14O4/c17-15(21-10-12-5-2-1-3-6-12)11-20-14-8-4-7-13(9-14)16(18)19;17-10-14-7-4-8-15(9-14)19-12-16(18)20-11-13-5-2-1-3-6-13/h1-9H,10-11H2,(H,18,19);1-10H,11-12H2. The first-order valence-electron chi connectivity index (χ1n) is 12.5. The molecule has 0 unspecified atom stereocenters. The molecule has 0 aliphatic heterocycles. The Labute approximate surface area is 236 Å². The van der Waals surface area contributed by atoms with Gasteiger partial charge in [-0.3, -0.25) is 4.79 Å². The number of carbonyl (C=O) groups excluding carboxylic acids is 3. The molecule has 4 aromatic carbocycles. The SMILES string of the molecule is O=C(COc1cccc(C(=O)O)c1)OCc1ccccc1.O=Cc1cccc(OCC(=O)OCc2ccccc2)c1. The zero-order valence-corrected chi connectivity index (χ0v) is 22.0. The van der Waals surface area contributed by atoms with Crippen LogP contribution < -0.4 is 9.47 Å². The highest BCUT2D eigenvalue weighted by molar-refractivity contribution is 5.88. The Balaban J connectivity index is 0.000000226. The van der Waals surface area contributed by atoms with Crippen molar-refractivity contribution < 1.29 is 43.2 Å². The Hall–Kier alpha value is -5.44. The molecule has 41 heavy (non-hydrogen) atoms. The van der Waals surface area contributed by atoms with Crippen molar-refractivity contribution in [3.63, 3.8) is 0 Å². The number of carboxylic acids is 1. The summed E-state index contributed by atoms with van der Waals surface area (Å²) in [5.74, 6) is -1.24. The molecule has 0 atom stereocenters. The number of benzene rings is 4. The normalized spacial score (nSPS) is 9.85. The molecule has 0 aliphatic rings. The van der Waals surface area contributed by atoms with Crippen molar-refractivity contribution in [2.24, 2.45) is 0 Å². The zero-order valence-electron chi connectivity index (χ0n) is 22.0. The maximum atomic E-state index is 11.5. The Bertz CT molecular complexity index is 1420. The van der Waals surface area contributed by atoms with Gasteiger partial charge in [-0.2, -0.15) is 0 Å². The van der Waals surface area contributed by atoms with Crippen LogP contribution in [-0.4, -0.2) is 42.5 Å². The zero-order chi connectivity index (χ0) is 29.3. The first-order chi connectivity index (χ1) is 19.9. The van der Waals surface area contributed by atoms with Crippen LogP contribution in [0, 0.1) is 0 Å². The first-order valence-corrected chi connectivity index (χ1v) is 12.5. The van der Waals surface area contributed by atoms with E-state index in [0.29, 0.717) is 17.1 Å². The Morgan fingerprint density at radius 1 is 0.610 bits per heavy atom. The molecule has 1 N–H and O–H groups in total. The lowest BCUT2D eigenvalue weighted by molar-refractivity contribution is -0.148. The van der Waals surface area contributed by atoms with Gasteiger partial charge < -0.3 is 24.1 Å². The predicted molar refractivity (Wildman–Crippen MR) is 149 cm³/mol. The van der Waals surface area contributed by atoms with Gasteiger partial charge in [0.05, 0.1) is 5.56 Å². The second kappa shape index (κ2) is 16.5. The van der Waals surface area contributed by atoms with E-state index in [1.165, 1.54) is 12.1 Å². The number of ether oxygens (including phenoxy) is 4. The molecule has 9 nitrogen and oxygen atoms in total. The van der Waals surface area contributed by atoms with E-state index < -0.39 is 17.9 Å². The Morgan fingerprint density at radius 3 is 1.59 bits per heavy atom. The molecular weight excluding hydrogens is 528 g/mol. The number of rotatable bonds is 12. The summed E-state index contributed by atoms with van der Waals surface area (Å²) in [5.41, 5.74) is 2.41. The summed E-state index contributed by atoms with van der Waals surface area (Å²) in [4.78, 5) is 44.5. The van der Waals surface area contributed by atoms with Crippen LogP contribution in [0.15, 0.2) is 109 Å². The fourth-order valence-electron chi connectivity index (χ4n) is 3.24. The second-order valence-electron chi connectivity index (χ2n) is 8.39. The van der Waals surface area contributed by atoms with E-state index in [1.54, 1.807) is 36.4 Å². The fraction of sp³-hybridized carbons (Fsp3) is 0.125. The second-order valence-corrected chi connectivity index (χ2v) is 8.39. The molecule has 0 saturated heterocycles. The quantitative estimate of drug-likeness (QED) is 0.187. The summed E-state index contributed by atoms with van der Waals surface area (Å²) < 4.78 is 20.6. The molecule has 0 saturated carbocycles. The molecular formula is C32H28O9. The lowest BCUT2D eigenvalue weighted by Gasteiger charge is -2.07. The van der Waals surface area contributed by atoms with Crippen molar-refractivity contribution >= 4 is 24.2 Å². The van der Waals surface area contributed by atoms with Crippen LogP contribution in [0.3, 0.4) is 0 Å². The molecule has 4 rings (SSSR count). The molecule has 0 spiro atoms. The van der Waals surface area contributed by atoms with E-state index in [-0.39, 0.29) is 32.0 Å². The average molecular weight is 557 g/mol. The van der Waals surface area contributed by atoms with Crippen molar-refractivity contribution in [2.45, 2.75) is 13.2 Å². The van der Waals surface area contributed by atoms with E-state index in [1.807, 2.05) is 60.7 Å². The number of carbonyl (C=O) groups is 4. The van der Waals surface area contributed by atoms with Crippen LogP contribution in [0.25, 0.3) is 0 Å². The van der Waals surface area contributed by atoms with Gasteiger partial charge in [0.1, 0.15) is 31.0 Å². The minimum atomic E-state index is -1.05. The molecule has 0 aliphatic carbocycles. The van der Waals surface area contributed by atoms with Gasteiger partial charge in [0.15, 0.2) is 13.2 Å². The highest BCUT2D eigenvalue weighted by atomic mass is 16.6. The van der Waals surface area contributed by atoms with Gasteiger partial charge in [0.25, 0.3) is 0 Å². The number of aromatic carboxylic acids is 1. The predicted octanol–water partition coefficient (Wildman–Crippen LogP) is 5.13. The summed E-state index contributed by atoms with van der Waals surface area (Å²) in [5, 5.41) is 8.85. The number of carboxylic acid groups (broad SMARTS) is 1. The first kappa shape index (κ1) is 30.1. The molecule has 210 valence electrons. The topological polar surface area (TPSA) is 125 Å². The summed E-state index contributed by atoms with van der Waals surface area (Å²) in [6.45, 7) is -0.0549. The van der Waals surface area contributed by atoms with E-state index in [4.69, 9.17) is 24.1 Å². The van der Waals surface area contributed by atoms with Gasteiger partial charge in [0, 0.05) is 5.56 Å². The van der Waals surface area contributed by atoms with Crippen LogP contribution in [0.1, 0.15) is 31.8 Å². The van der Waals surface area contributed by atoms with Gasteiger partial charge >= 0.3 is 17.9 Å². The maximum Gasteiger partial charge on any atom is 0.344 e. The van der Waals surface area contributed by atoms with Crippen molar-refractivity contribution in [1.82, 2.24) is 0 Å². The van der Waals surface area contributed by atoms with Gasteiger partial charge in [-0.1, -0.05) is 78.9 Å². The third-order valence-corrected chi connectivity index (χ3v) is 5.27. The largest absolute Gasteiger partial charge is 0.482 e. The Kier molecular flexibility index (Phi) is 12.1. The monoisotopic (exact) mass is 556 g/mol. The van der Waals surface area contributed by atoms with Crippen molar-refractivity contribution in [2.75, 3.05) is 13.2 Å². The molecule has 0 aromatic heterocycles. The number of aldehydes is 1. The summed E-state index contributed by atoms with van der Waals surface area (Å²) in [6.07, 6.45) is 0.723. The minimum Gasteiger partial charge on any atom is -0.482 e. The lowest BCUT2D eigenvalue weighted by Crippen LogP contribution is -2.14. The van der Waals surface area contributed by atoms with Gasteiger partial charge in [0.2, 0.25) is 0 Å². The van der Waals surface area contributed by atoms with Crippen LogP contribution in [-0.2, 0) is 32.3 Å². The van der Waals surface area contributed by atoms with E-state index in [0.717, 1.165) is 17.4 Å². The van der Waals surface area contributed by atoms with Gasteiger partial charge in [-0.25, -0.2) is 14.4 Å². The van der Waals surface area contributed by atoms with Gasteiger partial charge in [-0.05, 0) is 41.5 Å². The molecule has 0 radical (unpaired) electrons. The summed E-state index contributed by atoms with van der Waals surface area (Å²) in [7, 11) is 0. The maximum absolute atomic E-state index is 11.5. The molecule has 0 bridgehead atoms. The van der Waals surface area contributed by atoms with Crippen molar-refractivity contribution in [3.8, 4) is 11.5 Å². The highest BCUT2D eigenvalue weighted by Gasteiger charge is 2.08. The number of hydrogen-bond donors (Lipinski definition) is 1. The van der Waals surface area contributed by atoms with E-state index >= 15 is 0 Å². The molecule has 9 heteroatoms. The third-order valence-electron chi connectivity index (χ3n) is 5.27. The molecule has 0 heterocycles. The summed E-state index contributed by atoms with van der Waals surface area (Å²) in [6, 6.07) is 31.2. The fourth-order valence-corrected chi connectivity index (χ4v) is 3.24. The average Bonchev–Trinajstić information content (AvgIpc) is 3.02. The lowest BCUT2D eigenvalue weighted by atomic mass is 10.2. The summed E-state index contributed by atoms with van der Waals surface area (Å²) >= 11 is 0. The van der Waals surface area contributed by atoms with Crippen LogP contribution in [0.5, 0.6) is 11.5 Å². The number of hydrogen-bond acceptors (Lipinski definition) is 8. The van der Waals surface area contributed by atoms with Gasteiger partial charge in [-0.15, -0.1) is 0 Å². The smallest absolute Gasteiger partial charge is 0.344 e. The van der Waals surface area contributed by atoms with Crippen LogP contribution in [0.2, 0.25) is 0 Å². The Morgan fingerprint density at radius 2 is 1.10 bits per heavy atom. The third kappa shape index (κ3) is 11.5.